The Morgan fingerprint density at radius 3 is 2.62 bits per heavy atom. The molecule has 0 saturated carbocycles. The van der Waals surface area contributed by atoms with E-state index in [1.54, 1.807) is 24.4 Å². The number of aliphatic carboxylic acids is 1. The number of carboxylic acid groups (broad SMARTS) is 1. The van der Waals surface area contributed by atoms with Gasteiger partial charge >= 0.3 is 11.7 Å². The minimum Gasteiger partial charge on any atom is -0.480 e. The predicted molar refractivity (Wildman–Crippen MR) is 73.9 cm³/mol. The zero-order valence-corrected chi connectivity index (χ0v) is 12.0. The first-order chi connectivity index (χ1) is 9.75. The normalized spacial score (nSPS) is 11.6. The second kappa shape index (κ2) is 5.04. The first kappa shape index (κ1) is 14.8. The van der Waals surface area contributed by atoms with Crippen LogP contribution in [0.4, 0.5) is 0 Å². The summed E-state index contributed by atoms with van der Waals surface area (Å²) in [6, 6.07) is 5.06. The van der Waals surface area contributed by atoms with Crippen molar-refractivity contribution >= 4 is 17.5 Å². The van der Waals surface area contributed by atoms with E-state index < -0.39 is 23.1 Å². The van der Waals surface area contributed by atoms with E-state index >= 15 is 0 Å². The zero-order valence-electron chi connectivity index (χ0n) is 12.0. The Balaban J connectivity index is 2.28. The third-order valence-electron chi connectivity index (χ3n) is 3.51. The number of fused-ring (bicyclic) bond motifs is 1. The van der Waals surface area contributed by atoms with Crippen molar-refractivity contribution in [1.82, 2.24) is 19.1 Å². The largest absolute Gasteiger partial charge is 0.480 e. The maximum absolute atomic E-state index is 12.1. The lowest BCUT2D eigenvalue weighted by atomic mass is 10.0. The molecule has 0 bridgehead atoms. The fourth-order valence-electron chi connectivity index (χ4n) is 1.76. The van der Waals surface area contributed by atoms with Crippen molar-refractivity contribution in [3.63, 3.8) is 0 Å². The van der Waals surface area contributed by atoms with Gasteiger partial charge in [0.15, 0.2) is 5.65 Å². The number of carboxylic acids is 1. The van der Waals surface area contributed by atoms with Crippen molar-refractivity contribution in [2.75, 3.05) is 7.05 Å². The van der Waals surface area contributed by atoms with Gasteiger partial charge in [-0.1, -0.05) is 6.07 Å². The Morgan fingerprint density at radius 1 is 1.38 bits per heavy atom. The van der Waals surface area contributed by atoms with Crippen LogP contribution >= 0.6 is 0 Å². The van der Waals surface area contributed by atoms with Gasteiger partial charge in [0, 0.05) is 13.2 Å². The lowest BCUT2D eigenvalue weighted by Crippen LogP contribution is -2.52. The number of carbonyl (C=O) groups is 2. The van der Waals surface area contributed by atoms with Crippen LogP contribution < -0.4 is 5.69 Å². The van der Waals surface area contributed by atoms with Gasteiger partial charge in [-0.05, 0) is 26.0 Å². The maximum atomic E-state index is 12.1. The molecule has 2 aromatic heterocycles. The first-order valence-corrected chi connectivity index (χ1v) is 6.29. The molecule has 0 atom stereocenters. The standard InChI is InChI=1S/C13H16N4O4/c1-13(2,11(19)20)15(3)10(18)8-17-12(21)16-7-5-4-6-9(16)14-17/h4-7H,8H2,1-3H3,(H,19,20). The number of amides is 1. The molecule has 8 nitrogen and oxygen atoms in total. The van der Waals surface area contributed by atoms with Gasteiger partial charge in [0.25, 0.3) is 0 Å². The van der Waals surface area contributed by atoms with E-state index in [1.165, 1.54) is 25.3 Å². The number of rotatable bonds is 4. The number of aromatic nitrogens is 3. The highest BCUT2D eigenvalue weighted by Gasteiger charge is 2.35. The number of nitrogens with zero attached hydrogens (tertiary/aromatic N) is 4. The summed E-state index contributed by atoms with van der Waals surface area (Å²) in [7, 11) is 1.39. The van der Waals surface area contributed by atoms with E-state index in [1.807, 2.05) is 0 Å². The molecule has 2 rings (SSSR count). The van der Waals surface area contributed by atoms with Crippen molar-refractivity contribution < 1.29 is 14.7 Å². The van der Waals surface area contributed by atoms with Gasteiger partial charge in [0.1, 0.15) is 12.1 Å². The fraction of sp³-hybridized carbons (Fsp3) is 0.385. The molecule has 0 unspecified atom stereocenters. The minimum atomic E-state index is -1.36. The van der Waals surface area contributed by atoms with Crippen molar-refractivity contribution in [3.8, 4) is 0 Å². The van der Waals surface area contributed by atoms with Gasteiger partial charge in [-0.25, -0.2) is 14.3 Å². The summed E-state index contributed by atoms with van der Waals surface area (Å²) in [6.45, 7) is 2.52. The molecule has 1 N–H and O–H groups in total. The second-order valence-corrected chi connectivity index (χ2v) is 5.19. The predicted octanol–water partition coefficient (Wildman–Crippen LogP) is -0.182. The van der Waals surface area contributed by atoms with Crippen LogP contribution in [0.25, 0.3) is 5.65 Å². The van der Waals surface area contributed by atoms with E-state index in [9.17, 15) is 14.4 Å². The number of pyridine rings is 1. The molecular weight excluding hydrogens is 276 g/mol. The molecule has 21 heavy (non-hydrogen) atoms. The number of hydrogen-bond acceptors (Lipinski definition) is 4. The van der Waals surface area contributed by atoms with E-state index in [0.717, 1.165) is 9.58 Å². The Morgan fingerprint density at radius 2 is 2.05 bits per heavy atom. The molecular formula is C13H16N4O4. The number of likely N-dealkylation sites (N-methyl/N-ethyl adjacent to an activating group) is 1. The molecule has 0 aromatic carbocycles. The molecule has 0 fully saturated rings. The van der Waals surface area contributed by atoms with Crippen LogP contribution in [-0.2, 0) is 16.1 Å². The molecule has 8 heteroatoms. The summed E-state index contributed by atoms with van der Waals surface area (Å²) in [5.74, 6) is -1.63. The smallest absolute Gasteiger partial charge is 0.350 e. The lowest BCUT2D eigenvalue weighted by molar-refractivity contribution is -0.155. The molecule has 112 valence electrons. The van der Waals surface area contributed by atoms with Gasteiger partial charge in [-0.2, -0.15) is 0 Å². The van der Waals surface area contributed by atoms with Crippen molar-refractivity contribution in [3.05, 3.63) is 34.9 Å². The topological polar surface area (TPSA) is 96.9 Å². The Kier molecular flexibility index (Phi) is 3.54. The molecule has 2 aromatic rings. The van der Waals surface area contributed by atoms with Gasteiger partial charge in [0.2, 0.25) is 5.91 Å². The Hall–Kier alpha value is -2.64. The molecule has 0 aliphatic carbocycles. The molecule has 2 heterocycles. The van der Waals surface area contributed by atoms with Gasteiger partial charge in [-0.3, -0.25) is 9.20 Å². The van der Waals surface area contributed by atoms with Crippen LogP contribution in [0.1, 0.15) is 13.8 Å². The number of carbonyl (C=O) groups excluding carboxylic acids is 1. The Bertz CT molecular complexity index is 759. The monoisotopic (exact) mass is 292 g/mol. The number of hydrogen-bond donors (Lipinski definition) is 1. The lowest BCUT2D eigenvalue weighted by Gasteiger charge is -2.31. The van der Waals surface area contributed by atoms with E-state index in [4.69, 9.17) is 5.11 Å². The fourth-order valence-corrected chi connectivity index (χ4v) is 1.76. The highest BCUT2D eigenvalue weighted by Crippen LogP contribution is 2.12. The van der Waals surface area contributed by atoms with Gasteiger partial charge in [-0.15, -0.1) is 5.10 Å². The summed E-state index contributed by atoms with van der Waals surface area (Å²) in [5, 5.41) is 13.1. The minimum absolute atomic E-state index is 0.312. The highest BCUT2D eigenvalue weighted by molar-refractivity contribution is 5.86. The van der Waals surface area contributed by atoms with Crippen LogP contribution in [0.5, 0.6) is 0 Å². The summed E-state index contributed by atoms with van der Waals surface area (Å²) in [6.07, 6.45) is 1.55. The third-order valence-corrected chi connectivity index (χ3v) is 3.51. The SMILES string of the molecule is CN(C(=O)Cn1nc2ccccn2c1=O)C(C)(C)C(=O)O. The summed E-state index contributed by atoms with van der Waals surface area (Å²) >= 11 is 0. The summed E-state index contributed by atoms with van der Waals surface area (Å²) < 4.78 is 2.34. The molecule has 0 radical (unpaired) electrons. The zero-order chi connectivity index (χ0) is 15.8. The van der Waals surface area contributed by atoms with Crippen molar-refractivity contribution in [2.45, 2.75) is 25.9 Å². The average molecular weight is 292 g/mol. The molecule has 0 spiro atoms. The summed E-state index contributed by atoms with van der Waals surface area (Å²) in [5.41, 5.74) is -1.38. The molecule has 0 aliphatic rings. The maximum Gasteiger partial charge on any atom is 0.350 e. The van der Waals surface area contributed by atoms with E-state index in [0.29, 0.717) is 5.65 Å². The van der Waals surface area contributed by atoms with Crippen LogP contribution in [0.3, 0.4) is 0 Å². The van der Waals surface area contributed by atoms with Crippen LogP contribution in [0.15, 0.2) is 29.2 Å². The van der Waals surface area contributed by atoms with Crippen LogP contribution in [0, 0.1) is 0 Å². The molecule has 0 saturated heterocycles. The molecule has 1 amide bonds. The highest BCUT2D eigenvalue weighted by atomic mass is 16.4. The van der Waals surface area contributed by atoms with E-state index in [-0.39, 0.29) is 6.54 Å². The van der Waals surface area contributed by atoms with E-state index in [2.05, 4.69) is 5.10 Å². The quantitative estimate of drug-likeness (QED) is 0.843. The summed E-state index contributed by atoms with van der Waals surface area (Å²) in [4.78, 5) is 36.4. The van der Waals surface area contributed by atoms with Gasteiger partial charge in [0.05, 0.1) is 0 Å². The van der Waals surface area contributed by atoms with Crippen molar-refractivity contribution in [1.29, 1.82) is 0 Å². The first-order valence-electron chi connectivity index (χ1n) is 6.29. The van der Waals surface area contributed by atoms with Crippen LogP contribution in [-0.4, -0.2) is 48.7 Å². The third kappa shape index (κ3) is 2.51. The van der Waals surface area contributed by atoms with Crippen molar-refractivity contribution in [2.24, 2.45) is 0 Å². The Labute approximate surface area is 120 Å². The second-order valence-electron chi connectivity index (χ2n) is 5.19. The average Bonchev–Trinajstić information content (AvgIpc) is 2.75. The van der Waals surface area contributed by atoms with Gasteiger partial charge < -0.3 is 10.0 Å². The van der Waals surface area contributed by atoms with Crippen LogP contribution in [0.2, 0.25) is 0 Å². The molecule has 0 aliphatic heterocycles.